The second-order valence-electron chi connectivity index (χ2n) is 7.15. The molecule has 0 radical (unpaired) electrons. The number of ether oxygens (including phenoxy) is 2. The molecular weight excluding hydrogens is 448 g/mol. The summed E-state index contributed by atoms with van der Waals surface area (Å²) in [5.74, 6) is 0.885. The maximum Gasteiger partial charge on any atom is 0.228 e. The smallest absolute Gasteiger partial charge is 0.228 e. The van der Waals surface area contributed by atoms with E-state index in [1.165, 1.54) is 0 Å². The Morgan fingerprint density at radius 1 is 1.00 bits per heavy atom. The summed E-state index contributed by atoms with van der Waals surface area (Å²) < 4.78 is 12.0. The molecule has 162 valence electrons. The number of aryl methyl sites for hydroxylation is 1. The highest BCUT2D eigenvalue weighted by molar-refractivity contribution is 9.10. The van der Waals surface area contributed by atoms with Crippen molar-refractivity contribution < 1.29 is 19.1 Å². The van der Waals surface area contributed by atoms with Gasteiger partial charge in [0.05, 0.1) is 19.6 Å². The zero-order valence-corrected chi connectivity index (χ0v) is 19.7. The molecule has 2 N–H and O–H groups in total. The van der Waals surface area contributed by atoms with Crippen LogP contribution in [0.5, 0.6) is 11.5 Å². The Morgan fingerprint density at radius 2 is 1.63 bits per heavy atom. The molecule has 0 saturated heterocycles. The van der Waals surface area contributed by atoms with E-state index in [9.17, 15) is 9.59 Å². The molecule has 0 bridgehead atoms. The predicted molar refractivity (Wildman–Crippen MR) is 123 cm³/mol. The first-order valence-electron chi connectivity index (χ1n) is 10.0. The summed E-state index contributed by atoms with van der Waals surface area (Å²) in [5, 5.41) is 5.79. The van der Waals surface area contributed by atoms with Gasteiger partial charge in [0, 0.05) is 21.8 Å². The molecule has 2 aromatic carbocycles. The topological polar surface area (TPSA) is 76.7 Å². The zero-order valence-electron chi connectivity index (χ0n) is 18.1. The number of rotatable bonds is 9. The van der Waals surface area contributed by atoms with Crippen LogP contribution in [-0.2, 0) is 16.0 Å². The van der Waals surface area contributed by atoms with Crippen LogP contribution in [0.3, 0.4) is 0 Å². The molecule has 0 spiro atoms. The minimum Gasteiger partial charge on any atom is -0.490 e. The molecule has 0 unspecified atom stereocenters. The first kappa shape index (κ1) is 23.7. The van der Waals surface area contributed by atoms with Crippen LogP contribution in [0, 0.1) is 12.8 Å². The molecule has 2 amide bonds. The summed E-state index contributed by atoms with van der Waals surface area (Å²) in [4.78, 5) is 24.7. The molecule has 0 aliphatic rings. The van der Waals surface area contributed by atoms with Crippen LogP contribution in [0.15, 0.2) is 34.8 Å². The Labute approximate surface area is 186 Å². The van der Waals surface area contributed by atoms with Crippen LogP contribution < -0.4 is 20.1 Å². The first-order valence-corrected chi connectivity index (χ1v) is 10.8. The van der Waals surface area contributed by atoms with Crippen LogP contribution in [-0.4, -0.2) is 25.0 Å². The average Bonchev–Trinajstić information content (AvgIpc) is 2.68. The van der Waals surface area contributed by atoms with Gasteiger partial charge in [0.2, 0.25) is 11.8 Å². The van der Waals surface area contributed by atoms with Crippen molar-refractivity contribution in [2.45, 2.75) is 41.0 Å². The number of hydrogen-bond acceptors (Lipinski definition) is 4. The fraction of sp³-hybridized carbons (Fsp3) is 0.391. The number of halogens is 1. The second-order valence-corrected chi connectivity index (χ2v) is 8.01. The van der Waals surface area contributed by atoms with E-state index in [0.717, 1.165) is 15.6 Å². The van der Waals surface area contributed by atoms with Crippen molar-refractivity contribution in [3.05, 3.63) is 45.9 Å². The molecule has 0 atom stereocenters. The normalized spacial score (nSPS) is 10.6. The van der Waals surface area contributed by atoms with E-state index in [1.807, 2.05) is 58.9 Å². The predicted octanol–water partition coefficient (Wildman–Crippen LogP) is 5.33. The molecule has 30 heavy (non-hydrogen) atoms. The van der Waals surface area contributed by atoms with Gasteiger partial charge < -0.3 is 20.1 Å². The number of nitrogens with one attached hydrogen (secondary N) is 2. The van der Waals surface area contributed by atoms with E-state index < -0.39 is 0 Å². The lowest BCUT2D eigenvalue weighted by Crippen LogP contribution is -2.19. The summed E-state index contributed by atoms with van der Waals surface area (Å²) >= 11 is 3.52. The average molecular weight is 477 g/mol. The fourth-order valence-electron chi connectivity index (χ4n) is 2.74. The third-order valence-electron chi connectivity index (χ3n) is 4.37. The summed E-state index contributed by atoms with van der Waals surface area (Å²) in [5.41, 5.74) is 3.01. The fourth-order valence-corrected chi connectivity index (χ4v) is 3.20. The van der Waals surface area contributed by atoms with E-state index in [-0.39, 0.29) is 24.2 Å². The van der Waals surface area contributed by atoms with Crippen molar-refractivity contribution in [2.75, 3.05) is 23.8 Å². The molecular formula is C23H29BrN2O4. The van der Waals surface area contributed by atoms with Crippen LogP contribution >= 0.6 is 15.9 Å². The van der Waals surface area contributed by atoms with Gasteiger partial charge in [-0.1, -0.05) is 35.8 Å². The standard InChI is InChI=1S/C23H29BrN2O4/c1-6-29-20-10-16(18(24)13-21(20)30-7-2)11-22(27)26-19-12-17(9-8-15(19)5)25-23(28)14(3)4/h8-10,12-14H,6-7,11H2,1-5H3,(H,25,28)(H,26,27). The number of amides is 2. The van der Waals surface area contributed by atoms with E-state index in [0.29, 0.717) is 36.1 Å². The molecule has 0 heterocycles. The minimum atomic E-state index is -0.169. The molecule has 6 nitrogen and oxygen atoms in total. The molecule has 2 aromatic rings. The van der Waals surface area contributed by atoms with Gasteiger partial charge in [-0.2, -0.15) is 0 Å². The van der Waals surface area contributed by atoms with E-state index in [1.54, 1.807) is 6.07 Å². The monoisotopic (exact) mass is 476 g/mol. The lowest BCUT2D eigenvalue weighted by atomic mass is 10.1. The van der Waals surface area contributed by atoms with Gasteiger partial charge in [0.1, 0.15) is 0 Å². The number of benzene rings is 2. The molecule has 0 aliphatic carbocycles. The highest BCUT2D eigenvalue weighted by Crippen LogP contribution is 2.34. The SMILES string of the molecule is CCOc1cc(Br)c(CC(=O)Nc2cc(NC(=O)C(C)C)ccc2C)cc1OCC. The van der Waals surface area contributed by atoms with Crippen molar-refractivity contribution in [1.82, 2.24) is 0 Å². The largest absolute Gasteiger partial charge is 0.490 e. The van der Waals surface area contributed by atoms with E-state index >= 15 is 0 Å². The lowest BCUT2D eigenvalue weighted by molar-refractivity contribution is -0.119. The molecule has 2 rings (SSSR count). The molecule has 0 fully saturated rings. The van der Waals surface area contributed by atoms with Crippen molar-refractivity contribution in [3.63, 3.8) is 0 Å². The summed E-state index contributed by atoms with van der Waals surface area (Å²) in [6, 6.07) is 9.11. The highest BCUT2D eigenvalue weighted by atomic mass is 79.9. The summed E-state index contributed by atoms with van der Waals surface area (Å²) in [7, 11) is 0. The zero-order chi connectivity index (χ0) is 22.3. The summed E-state index contributed by atoms with van der Waals surface area (Å²) in [6.45, 7) is 10.4. The highest BCUT2D eigenvalue weighted by Gasteiger charge is 2.15. The molecule has 0 saturated carbocycles. The Bertz CT molecular complexity index is 912. The van der Waals surface area contributed by atoms with Gasteiger partial charge in [-0.15, -0.1) is 0 Å². The Morgan fingerprint density at radius 3 is 2.23 bits per heavy atom. The van der Waals surface area contributed by atoms with Crippen molar-refractivity contribution >= 4 is 39.1 Å². The lowest BCUT2D eigenvalue weighted by Gasteiger charge is -2.15. The van der Waals surface area contributed by atoms with Crippen molar-refractivity contribution in [1.29, 1.82) is 0 Å². The van der Waals surface area contributed by atoms with Crippen LogP contribution in [0.1, 0.15) is 38.8 Å². The van der Waals surface area contributed by atoms with Gasteiger partial charge in [-0.3, -0.25) is 9.59 Å². The van der Waals surface area contributed by atoms with Gasteiger partial charge in [0.15, 0.2) is 11.5 Å². The van der Waals surface area contributed by atoms with Crippen molar-refractivity contribution in [2.24, 2.45) is 5.92 Å². The van der Waals surface area contributed by atoms with Crippen molar-refractivity contribution in [3.8, 4) is 11.5 Å². The third-order valence-corrected chi connectivity index (χ3v) is 5.11. The molecule has 0 aromatic heterocycles. The van der Waals surface area contributed by atoms with E-state index in [2.05, 4.69) is 26.6 Å². The third kappa shape index (κ3) is 6.49. The maximum absolute atomic E-state index is 12.7. The Hall–Kier alpha value is -2.54. The first-order chi connectivity index (χ1) is 14.2. The maximum atomic E-state index is 12.7. The Kier molecular flexibility index (Phi) is 8.72. The quantitative estimate of drug-likeness (QED) is 0.512. The van der Waals surface area contributed by atoms with E-state index in [4.69, 9.17) is 9.47 Å². The molecule has 0 aliphatic heterocycles. The molecule has 7 heteroatoms. The van der Waals surface area contributed by atoms with Crippen LogP contribution in [0.4, 0.5) is 11.4 Å². The number of anilines is 2. The Balaban J connectivity index is 2.17. The summed E-state index contributed by atoms with van der Waals surface area (Å²) in [6.07, 6.45) is 0.162. The van der Waals surface area contributed by atoms with Gasteiger partial charge in [0.25, 0.3) is 0 Å². The van der Waals surface area contributed by atoms with Gasteiger partial charge in [-0.05, 0) is 56.2 Å². The van der Waals surface area contributed by atoms with Crippen LogP contribution in [0.25, 0.3) is 0 Å². The second kappa shape index (κ2) is 11.0. The minimum absolute atomic E-state index is 0.0714. The van der Waals surface area contributed by atoms with Gasteiger partial charge in [-0.25, -0.2) is 0 Å². The number of carbonyl (C=O) groups excluding carboxylic acids is 2. The number of hydrogen-bond donors (Lipinski definition) is 2. The van der Waals surface area contributed by atoms with Gasteiger partial charge >= 0.3 is 0 Å². The van der Waals surface area contributed by atoms with Crippen LogP contribution in [0.2, 0.25) is 0 Å². The number of carbonyl (C=O) groups is 2.